The summed E-state index contributed by atoms with van der Waals surface area (Å²) < 4.78 is 1.68. The van der Waals surface area contributed by atoms with Gasteiger partial charge in [0.15, 0.2) is 0 Å². The molecule has 106 valence electrons. The Labute approximate surface area is 118 Å². The molecule has 1 atom stereocenters. The first kappa shape index (κ1) is 14.3. The lowest BCUT2D eigenvalue weighted by molar-refractivity contribution is -0.119. The van der Waals surface area contributed by atoms with Gasteiger partial charge in [-0.2, -0.15) is 5.10 Å². The van der Waals surface area contributed by atoms with E-state index >= 15 is 0 Å². The van der Waals surface area contributed by atoms with Gasteiger partial charge in [0.2, 0.25) is 5.91 Å². The van der Waals surface area contributed by atoms with E-state index in [0.29, 0.717) is 13.0 Å². The van der Waals surface area contributed by atoms with E-state index in [2.05, 4.69) is 10.4 Å². The molecule has 2 rings (SSSR count). The minimum atomic E-state index is -0.239. The van der Waals surface area contributed by atoms with Crippen LogP contribution in [0.15, 0.2) is 36.5 Å². The maximum absolute atomic E-state index is 12.3. The monoisotopic (exact) mass is 272 g/mol. The van der Waals surface area contributed by atoms with Crippen molar-refractivity contribution in [3.8, 4) is 0 Å². The lowest BCUT2D eigenvalue weighted by Crippen LogP contribution is -2.31. The molecule has 1 aromatic carbocycles. The van der Waals surface area contributed by atoms with Gasteiger partial charge in [0, 0.05) is 19.8 Å². The van der Waals surface area contributed by atoms with Gasteiger partial charge >= 0.3 is 0 Å². The Hall–Kier alpha value is -2.14. The quantitative estimate of drug-likeness (QED) is 0.866. The Morgan fingerprint density at radius 2 is 2.10 bits per heavy atom. The average Bonchev–Trinajstić information content (AvgIpc) is 2.75. The van der Waals surface area contributed by atoms with Gasteiger partial charge in [-0.25, -0.2) is 0 Å². The van der Waals surface area contributed by atoms with Crippen molar-refractivity contribution in [3.63, 3.8) is 0 Å². The topological polar surface area (TPSA) is 72.9 Å². The molecule has 0 spiro atoms. The minimum absolute atomic E-state index is 0.0625. The fourth-order valence-electron chi connectivity index (χ4n) is 2.14. The largest absolute Gasteiger partial charge is 0.330 e. The molecule has 3 N–H and O–H groups in total. The van der Waals surface area contributed by atoms with Crippen molar-refractivity contribution < 1.29 is 4.79 Å². The standard InChI is InChI=1S/C15H20N4O/c1-11-14(10-19(2)18-11)17-15(20)13(9-16)8-12-6-4-3-5-7-12/h3-7,10,13H,8-9,16H2,1-2H3,(H,17,20). The fourth-order valence-corrected chi connectivity index (χ4v) is 2.14. The summed E-state index contributed by atoms with van der Waals surface area (Å²) in [5.41, 5.74) is 8.39. The molecule has 0 saturated carbocycles. The van der Waals surface area contributed by atoms with Crippen molar-refractivity contribution >= 4 is 11.6 Å². The Balaban J connectivity index is 2.04. The second kappa shape index (κ2) is 6.34. The van der Waals surface area contributed by atoms with Crippen LogP contribution in [-0.2, 0) is 18.3 Å². The zero-order valence-corrected chi connectivity index (χ0v) is 11.8. The number of hydrogen-bond acceptors (Lipinski definition) is 3. The molecule has 1 heterocycles. The molecular weight excluding hydrogens is 252 g/mol. The van der Waals surface area contributed by atoms with E-state index in [1.807, 2.05) is 44.3 Å². The molecule has 1 amide bonds. The van der Waals surface area contributed by atoms with Crippen LogP contribution in [0.2, 0.25) is 0 Å². The Bertz CT molecular complexity index is 577. The summed E-state index contributed by atoms with van der Waals surface area (Å²) in [6.07, 6.45) is 2.44. The number of anilines is 1. The summed E-state index contributed by atoms with van der Waals surface area (Å²) in [6, 6.07) is 9.90. The van der Waals surface area contributed by atoms with Gasteiger partial charge in [0.05, 0.1) is 17.3 Å². The highest BCUT2D eigenvalue weighted by atomic mass is 16.1. The average molecular weight is 272 g/mol. The van der Waals surface area contributed by atoms with E-state index in [1.165, 1.54) is 0 Å². The third kappa shape index (κ3) is 3.45. The first-order chi connectivity index (χ1) is 9.60. The number of benzene rings is 1. The smallest absolute Gasteiger partial charge is 0.229 e. The number of nitrogens with two attached hydrogens (primary N) is 1. The predicted molar refractivity (Wildman–Crippen MR) is 79.3 cm³/mol. The van der Waals surface area contributed by atoms with Crippen LogP contribution in [0, 0.1) is 12.8 Å². The number of nitrogens with zero attached hydrogens (tertiary/aromatic N) is 2. The minimum Gasteiger partial charge on any atom is -0.330 e. The molecule has 1 aromatic heterocycles. The number of amides is 1. The highest BCUT2D eigenvalue weighted by Gasteiger charge is 2.18. The number of aromatic nitrogens is 2. The summed E-state index contributed by atoms with van der Waals surface area (Å²) in [7, 11) is 1.83. The van der Waals surface area contributed by atoms with E-state index in [4.69, 9.17) is 5.73 Å². The van der Waals surface area contributed by atoms with Crippen molar-refractivity contribution in [2.24, 2.45) is 18.7 Å². The van der Waals surface area contributed by atoms with Crippen LogP contribution in [0.25, 0.3) is 0 Å². The molecular formula is C15H20N4O. The van der Waals surface area contributed by atoms with Crippen LogP contribution < -0.4 is 11.1 Å². The van der Waals surface area contributed by atoms with Crippen molar-refractivity contribution in [2.45, 2.75) is 13.3 Å². The van der Waals surface area contributed by atoms with Crippen molar-refractivity contribution in [2.75, 3.05) is 11.9 Å². The zero-order valence-electron chi connectivity index (χ0n) is 11.8. The first-order valence-corrected chi connectivity index (χ1v) is 6.65. The molecule has 0 fully saturated rings. The molecule has 0 saturated heterocycles. The van der Waals surface area contributed by atoms with E-state index in [1.54, 1.807) is 10.9 Å². The van der Waals surface area contributed by atoms with E-state index in [-0.39, 0.29) is 11.8 Å². The Morgan fingerprint density at radius 3 is 2.65 bits per heavy atom. The summed E-state index contributed by atoms with van der Waals surface area (Å²) in [5, 5.41) is 7.10. The molecule has 5 nitrogen and oxygen atoms in total. The number of hydrogen-bond donors (Lipinski definition) is 2. The molecule has 0 aliphatic heterocycles. The summed E-state index contributed by atoms with van der Waals surface area (Å²) >= 11 is 0. The Kier molecular flexibility index (Phi) is 4.53. The van der Waals surface area contributed by atoms with Crippen LogP contribution in [0.1, 0.15) is 11.3 Å². The molecule has 0 bridgehead atoms. The molecule has 0 aliphatic rings. The number of rotatable bonds is 5. The third-order valence-electron chi connectivity index (χ3n) is 3.25. The first-order valence-electron chi connectivity index (χ1n) is 6.65. The third-order valence-corrected chi connectivity index (χ3v) is 3.25. The van der Waals surface area contributed by atoms with Crippen molar-refractivity contribution in [3.05, 3.63) is 47.8 Å². The summed E-state index contributed by atoms with van der Waals surface area (Å²) in [6.45, 7) is 2.18. The fraction of sp³-hybridized carbons (Fsp3) is 0.333. The van der Waals surface area contributed by atoms with Gasteiger partial charge < -0.3 is 11.1 Å². The maximum Gasteiger partial charge on any atom is 0.229 e. The van der Waals surface area contributed by atoms with Gasteiger partial charge in [-0.1, -0.05) is 30.3 Å². The molecule has 2 aromatic rings. The highest BCUT2D eigenvalue weighted by Crippen LogP contribution is 2.15. The highest BCUT2D eigenvalue weighted by molar-refractivity contribution is 5.93. The molecule has 20 heavy (non-hydrogen) atoms. The number of carbonyl (C=O) groups excluding carboxylic acids is 1. The van der Waals surface area contributed by atoms with Crippen LogP contribution in [0.3, 0.4) is 0 Å². The second-order valence-corrected chi connectivity index (χ2v) is 4.91. The molecule has 0 aliphatic carbocycles. The van der Waals surface area contributed by atoms with Gasteiger partial charge in [-0.05, 0) is 18.9 Å². The zero-order chi connectivity index (χ0) is 14.5. The Morgan fingerprint density at radius 1 is 1.40 bits per heavy atom. The maximum atomic E-state index is 12.3. The SMILES string of the molecule is Cc1nn(C)cc1NC(=O)C(CN)Cc1ccccc1. The van der Waals surface area contributed by atoms with Crippen LogP contribution >= 0.6 is 0 Å². The molecule has 5 heteroatoms. The van der Waals surface area contributed by atoms with E-state index in [0.717, 1.165) is 16.9 Å². The normalized spacial score (nSPS) is 12.2. The number of carbonyl (C=O) groups is 1. The lowest BCUT2D eigenvalue weighted by Gasteiger charge is -2.14. The summed E-state index contributed by atoms with van der Waals surface area (Å²) in [5.74, 6) is -0.301. The van der Waals surface area contributed by atoms with Gasteiger partial charge in [0.25, 0.3) is 0 Å². The molecule has 1 unspecified atom stereocenters. The lowest BCUT2D eigenvalue weighted by atomic mass is 9.98. The van der Waals surface area contributed by atoms with Crippen molar-refractivity contribution in [1.29, 1.82) is 0 Å². The van der Waals surface area contributed by atoms with Crippen LogP contribution in [0.5, 0.6) is 0 Å². The van der Waals surface area contributed by atoms with Crippen molar-refractivity contribution in [1.82, 2.24) is 9.78 Å². The predicted octanol–water partition coefficient (Wildman–Crippen LogP) is 1.48. The van der Waals surface area contributed by atoms with Crippen LogP contribution in [0.4, 0.5) is 5.69 Å². The van der Waals surface area contributed by atoms with E-state index < -0.39 is 0 Å². The summed E-state index contributed by atoms with van der Waals surface area (Å²) in [4.78, 5) is 12.3. The number of nitrogens with one attached hydrogen (secondary N) is 1. The number of aryl methyl sites for hydroxylation is 2. The second-order valence-electron chi connectivity index (χ2n) is 4.91. The van der Waals surface area contributed by atoms with Crippen LogP contribution in [-0.4, -0.2) is 22.2 Å². The van der Waals surface area contributed by atoms with Gasteiger partial charge in [0.1, 0.15) is 0 Å². The van der Waals surface area contributed by atoms with Gasteiger partial charge in [-0.15, -0.1) is 0 Å². The molecule has 0 radical (unpaired) electrons. The van der Waals surface area contributed by atoms with E-state index in [9.17, 15) is 4.79 Å². The van der Waals surface area contributed by atoms with Gasteiger partial charge in [-0.3, -0.25) is 9.48 Å².